The van der Waals surface area contributed by atoms with Crippen LogP contribution >= 0.6 is 0 Å². The van der Waals surface area contributed by atoms with E-state index in [1.807, 2.05) is 0 Å². The Labute approximate surface area is 61.1 Å². The van der Waals surface area contributed by atoms with Crippen LogP contribution in [0.5, 0.6) is 0 Å². The Bertz CT molecular complexity index is 183. The molecule has 0 aromatic carbocycles. The molecule has 0 amide bonds. The molecule has 54 valence electrons. The highest BCUT2D eigenvalue weighted by molar-refractivity contribution is 5.32. The molecule has 0 radical (unpaired) electrons. The fourth-order valence-electron chi connectivity index (χ4n) is 2.77. The first-order valence-electron chi connectivity index (χ1n) is 4.32. The molecule has 2 atom stereocenters. The molecule has 1 heteroatoms. The minimum absolute atomic E-state index is 0.873. The number of hydrogen-bond donors (Lipinski definition) is 0. The summed E-state index contributed by atoms with van der Waals surface area (Å²) in [7, 11) is 0. The summed E-state index contributed by atoms with van der Waals surface area (Å²) in [6.45, 7) is 1.000. The number of allylic oxidation sites excluding steroid dienone is 2. The van der Waals surface area contributed by atoms with Crippen molar-refractivity contribution in [3.8, 4) is 0 Å². The van der Waals surface area contributed by atoms with E-state index in [1.165, 1.54) is 31.4 Å². The molecule has 0 aromatic heterocycles. The smallest absolute Gasteiger partial charge is 0.0991 e. The molecule has 0 aromatic rings. The predicted molar refractivity (Wildman–Crippen MR) is 38.4 cm³/mol. The van der Waals surface area contributed by atoms with E-state index in [4.69, 9.17) is 4.74 Å². The quantitative estimate of drug-likeness (QED) is 0.495. The third-order valence-corrected chi connectivity index (χ3v) is 3.23. The van der Waals surface area contributed by atoms with E-state index in [-0.39, 0.29) is 0 Å². The monoisotopic (exact) mass is 136 g/mol. The zero-order chi connectivity index (χ0) is 6.55. The Morgan fingerprint density at radius 2 is 2.20 bits per heavy atom. The van der Waals surface area contributed by atoms with Crippen LogP contribution in [-0.4, -0.2) is 6.61 Å². The van der Waals surface area contributed by atoms with Gasteiger partial charge in [0.05, 0.1) is 12.4 Å². The molecule has 2 unspecified atom stereocenters. The summed E-state index contributed by atoms with van der Waals surface area (Å²) in [5.74, 6) is 3.25. The molecule has 4 rings (SSSR count). The summed E-state index contributed by atoms with van der Waals surface area (Å²) in [4.78, 5) is 0. The number of rotatable bonds is 0. The Morgan fingerprint density at radius 1 is 1.20 bits per heavy atom. The summed E-state index contributed by atoms with van der Waals surface area (Å²) in [5, 5.41) is 0. The maximum atomic E-state index is 5.59. The van der Waals surface area contributed by atoms with Crippen LogP contribution in [0.4, 0.5) is 0 Å². The lowest BCUT2D eigenvalue weighted by Crippen LogP contribution is -2.40. The molecule has 0 saturated heterocycles. The second-order valence-electron chi connectivity index (χ2n) is 3.63. The fourth-order valence-corrected chi connectivity index (χ4v) is 2.77. The van der Waals surface area contributed by atoms with Gasteiger partial charge in [-0.15, -0.1) is 0 Å². The molecule has 1 aliphatic heterocycles. The van der Waals surface area contributed by atoms with Gasteiger partial charge in [-0.2, -0.15) is 0 Å². The maximum absolute atomic E-state index is 5.59. The average Bonchev–Trinajstić information content (AvgIpc) is 2.08. The Morgan fingerprint density at radius 3 is 2.70 bits per heavy atom. The normalized spacial score (nSPS) is 42.4. The van der Waals surface area contributed by atoms with Crippen LogP contribution in [0.1, 0.15) is 25.7 Å². The topological polar surface area (TPSA) is 9.23 Å². The number of hydrogen-bond acceptors (Lipinski definition) is 1. The molecule has 0 spiro atoms. The molecule has 0 N–H and O–H groups in total. The third-order valence-electron chi connectivity index (χ3n) is 3.23. The summed E-state index contributed by atoms with van der Waals surface area (Å²) in [5.41, 5.74) is 1.68. The lowest BCUT2D eigenvalue weighted by atomic mass is 9.62. The van der Waals surface area contributed by atoms with Crippen LogP contribution in [0.3, 0.4) is 0 Å². The zero-order valence-corrected chi connectivity index (χ0v) is 6.10. The van der Waals surface area contributed by atoms with Crippen molar-refractivity contribution in [1.82, 2.24) is 0 Å². The summed E-state index contributed by atoms with van der Waals surface area (Å²) in [6, 6.07) is 0. The lowest BCUT2D eigenvalue weighted by Gasteiger charge is -2.49. The van der Waals surface area contributed by atoms with Gasteiger partial charge in [0, 0.05) is 5.92 Å². The van der Waals surface area contributed by atoms with E-state index in [0.717, 1.165) is 18.4 Å². The molecular weight excluding hydrogens is 124 g/mol. The highest BCUT2D eigenvalue weighted by Gasteiger charge is 2.46. The molecule has 4 aliphatic rings. The zero-order valence-electron chi connectivity index (χ0n) is 6.10. The minimum atomic E-state index is 0.873. The van der Waals surface area contributed by atoms with Crippen molar-refractivity contribution in [1.29, 1.82) is 0 Å². The van der Waals surface area contributed by atoms with Gasteiger partial charge in [-0.25, -0.2) is 0 Å². The molecule has 1 fully saturated rings. The Balaban J connectivity index is 2.04. The molecule has 1 saturated carbocycles. The van der Waals surface area contributed by atoms with Gasteiger partial charge in [0.15, 0.2) is 0 Å². The van der Waals surface area contributed by atoms with E-state index in [2.05, 4.69) is 0 Å². The van der Waals surface area contributed by atoms with Gasteiger partial charge in [0.1, 0.15) is 0 Å². The van der Waals surface area contributed by atoms with Crippen molar-refractivity contribution in [3.05, 3.63) is 11.3 Å². The highest BCUT2D eigenvalue weighted by atomic mass is 16.5. The first-order chi connectivity index (χ1) is 4.97. The van der Waals surface area contributed by atoms with Crippen molar-refractivity contribution in [2.75, 3.05) is 6.61 Å². The lowest BCUT2D eigenvalue weighted by molar-refractivity contribution is 0.0297. The molecule has 4 bridgehead atoms. The standard InChI is InChI=1S/C9H12O/c1-2-7-6-4-5-10-9(7)8(6)3-1/h6-7H,1-5H2. The fraction of sp³-hybridized carbons (Fsp3) is 0.778. The van der Waals surface area contributed by atoms with Crippen molar-refractivity contribution >= 4 is 0 Å². The first-order valence-corrected chi connectivity index (χ1v) is 4.32. The van der Waals surface area contributed by atoms with E-state index < -0.39 is 0 Å². The van der Waals surface area contributed by atoms with Crippen molar-refractivity contribution in [3.63, 3.8) is 0 Å². The van der Waals surface area contributed by atoms with Crippen LogP contribution in [0.25, 0.3) is 0 Å². The summed E-state index contributed by atoms with van der Waals surface area (Å²) < 4.78 is 5.59. The van der Waals surface area contributed by atoms with E-state index >= 15 is 0 Å². The van der Waals surface area contributed by atoms with E-state index in [1.54, 1.807) is 5.57 Å². The van der Waals surface area contributed by atoms with Gasteiger partial charge in [-0.05, 0) is 37.2 Å². The SMILES string of the molecule is C1CC2=C3OCCC2C3C1. The van der Waals surface area contributed by atoms with Crippen LogP contribution in [0.2, 0.25) is 0 Å². The van der Waals surface area contributed by atoms with Gasteiger partial charge < -0.3 is 4.74 Å². The van der Waals surface area contributed by atoms with E-state index in [0.29, 0.717) is 0 Å². The van der Waals surface area contributed by atoms with Gasteiger partial charge >= 0.3 is 0 Å². The van der Waals surface area contributed by atoms with E-state index in [9.17, 15) is 0 Å². The van der Waals surface area contributed by atoms with Crippen molar-refractivity contribution in [2.45, 2.75) is 25.7 Å². The summed E-state index contributed by atoms with van der Waals surface area (Å²) >= 11 is 0. The molecule has 3 aliphatic carbocycles. The predicted octanol–water partition coefficient (Wildman–Crippen LogP) is 2.09. The number of fused-ring (bicyclic) bond motifs is 2. The van der Waals surface area contributed by atoms with Gasteiger partial charge in [-0.3, -0.25) is 0 Å². The van der Waals surface area contributed by atoms with Crippen molar-refractivity contribution in [2.24, 2.45) is 11.8 Å². The molecular formula is C9H12O. The van der Waals surface area contributed by atoms with Gasteiger partial charge in [0.2, 0.25) is 0 Å². The third kappa shape index (κ3) is 0.425. The summed E-state index contributed by atoms with van der Waals surface area (Å²) in [6.07, 6.45) is 5.48. The largest absolute Gasteiger partial charge is 0.498 e. The van der Waals surface area contributed by atoms with Crippen LogP contribution < -0.4 is 0 Å². The second kappa shape index (κ2) is 1.58. The first kappa shape index (κ1) is 5.22. The molecule has 1 heterocycles. The van der Waals surface area contributed by atoms with Crippen LogP contribution in [-0.2, 0) is 4.74 Å². The van der Waals surface area contributed by atoms with Crippen LogP contribution in [0, 0.1) is 11.8 Å². The second-order valence-corrected chi connectivity index (χ2v) is 3.63. The maximum Gasteiger partial charge on any atom is 0.0991 e. The Hall–Kier alpha value is -0.460. The van der Waals surface area contributed by atoms with Gasteiger partial charge in [0.25, 0.3) is 0 Å². The van der Waals surface area contributed by atoms with Gasteiger partial charge in [-0.1, -0.05) is 0 Å². The molecule has 10 heavy (non-hydrogen) atoms. The number of ether oxygens (including phenoxy) is 1. The Kier molecular flexibility index (Phi) is 0.825. The van der Waals surface area contributed by atoms with Crippen LogP contribution in [0.15, 0.2) is 11.3 Å². The molecule has 1 nitrogen and oxygen atoms in total. The highest BCUT2D eigenvalue weighted by Crippen LogP contribution is 2.54. The van der Waals surface area contributed by atoms with Crippen molar-refractivity contribution < 1.29 is 4.74 Å². The minimum Gasteiger partial charge on any atom is -0.498 e. The average molecular weight is 136 g/mol.